The number of hydrogen-bond donors (Lipinski definition) is 1. The minimum atomic E-state index is 0.177. The van der Waals surface area contributed by atoms with Gasteiger partial charge in [0, 0.05) is 25.8 Å². The van der Waals surface area contributed by atoms with Crippen molar-refractivity contribution in [2.75, 3.05) is 6.61 Å². The third-order valence-corrected chi connectivity index (χ3v) is 3.73. The lowest BCUT2D eigenvalue weighted by Gasteiger charge is -2.09. The zero-order valence-electron chi connectivity index (χ0n) is 12.2. The molecule has 0 amide bonds. The second kappa shape index (κ2) is 6.06. The van der Waals surface area contributed by atoms with Crippen molar-refractivity contribution in [1.82, 2.24) is 14.5 Å². The normalized spacial score (nSPS) is 11.1. The van der Waals surface area contributed by atoms with Gasteiger partial charge in [0.15, 0.2) is 5.65 Å². The molecule has 0 radical (unpaired) electrons. The summed E-state index contributed by atoms with van der Waals surface area (Å²) in [5.74, 6) is 1.01. The van der Waals surface area contributed by atoms with Crippen LogP contribution in [0.4, 0.5) is 0 Å². The SMILES string of the molecule is Cc1ccccc1Cc1nc2cccnc2n1CCCO. The van der Waals surface area contributed by atoms with Gasteiger partial charge < -0.3 is 9.67 Å². The summed E-state index contributed by atoms with van der Waals surface area (Å²) in [6.07, 6.45) is 3.29. The first kappa shape index (κ1) is 13.8. The lowest BCUT2D eigenvalue weighted by molar-refractivity contribution is 0.280. The molecule has 1 aromatic carbocycles. The summed E-state index contributed by atoms with van der Waals surface area (Å²) in [6, 6.07) is 12.3. The fourth-order valence-electron chi connectivity index (χ4n) is 2.58. The standard InChI is InChI=1S/C17H19N3O/c1-13-6-2-3-7-14(13)12-16-19-15-8-4-9-18-17(15)20(16)10-5-11-21/h2-4,6-9,21H,5,10-12H2,1H3. The number of nitrogens with zero attached hydrogens (tertiary/aromatic N) is 3. The molecule has 0 fully saturated rings. The van der Waals surface area contributed by atoms with Crippen LogP contribution in [-0.2, 0) is 13.0 Å². The summed E-state index contributed by atoms with van der Waals surface area (Å²) in [7, 11) is 0. The van der Waals surface area contributed by atoms with Crippen LogP contribution in [0.1, 0.15) is 23.4 Å². The first-order valence-electron chi connectivity index (χ1n) is 7.25. The van der Waals surface area contributed by atoms with Gasteiger partial charge in [-0.3, -0.25) is 0 Å². The first-order chi connectivity index (χ1) is 10.3. The van der Waals surface area contributed by atoms with E-state index in [9.17, 15) is 0 Å². The number of aliphatic hydroxyl groups excluding tert-OH is 1. The Morgan fingerprint density at radius 2 is 2.00 bits per heavy atom. The van der Waals surface area contributed by atoms with Gasteiger partial charge in [0.2, 0.25) is 0 Å². The van der Waals surface area contributed by atoms with Gasteiger partial charge in [0.25, 0.3) is 0 Å². The van der Waals surface area contributed by atoms with E-state index >= 15 is 0 Å². The van der Waals surface area contributed by atoms with Crippen LogP contribution in [0.5, 0.6) is 0 Å². The van der Waals surface area contributed by atoms with Gasteiger partial charge in [-0.25, -0.2) is 9.97 Å². The molecule has 0 saturated carbocycles. The van der Waals surface area contributed by atoms with Gasteiger partial charge in [-0.1, -0.05) is 24.3 Å². The maximum Gasteiger partial charge on any atom is 0.159 e. The number of hydrogen-bond acceptors (Lipinski definition) is 3. The summed E-state index contributed by atoms with van der Waals surface area (Å²) in [5.41, 5.74) is 4.36. The minimum Gasteiger partial charge on any atom is -0.396 e. The van der Waals surface area contributed by atoms with Crippen LogP contribution in [0.25, 0.3) is 11.2 Å². The third kappa shape index (κ3) is 2.81. The van der Waals surface area contributed by atoms with Crippen LogP contribution in [0.15, 0.2) is 42.6 Å². The third-order valence-electron chi connectivity index (χ3n) is 3.73. The molecule has 1 N–H and O–H groups in total. The molecule has 3 aromatic rings. The molecule has 0 bridgehead atoms. The maximum atomic E-state index is 9.11. The quantitative estimate of drug-likeness (QED) is 0.782. The Morgan fingerprint density at radius 3 is 2.81 bits per heavy atom. The first-order valence-corrected chi connectivity index (χ1v) is 7.25. The number of rotatable bonds is 5. The average molecular weight is 281 g/mol. The van der Waals surface area contributed by atoms with E-state index in [1.54, 1.807) is 6.20 Å². The molecule has 0 spiro atoms. The van der Waals surface area contributed by atoms with Crippen LogP contribution in [0.3, 0.4) is 0 Å². The Hall–Kier alpha value is -2.20. The predicted molar refractivity (Wildman–Crippen MR) is 83.2 cm³/mol. The van der Waals surface area contributed by atoms with Gasteiger partial charge in [-0.2, -0.15) is 0 Å². The van der Waals surface area contributed by atoms with Crippen molar-refractivity contribution in [2.45, 2.75) is 26.3 Å². The molecule has 2 heterocycles. The molecular formula is C17H19N3O. The van der Waals surface area contributed by atoms with E-state index in [2.05, 4.69) is 40.7 Å². The van der Waals surface area contributed by atoms with Crippen LogP contribution in [0.2, 0.25) is 0 Å². The number of aliphatic hydroxyl groups is 1. The van der Waals surface area contributed by atoms with Crippen molar-refractivity contribution < 1.29 is 5.11 Å². The second-order valence-corrected chi connectivity index (χ2v) is 5.21. The molecule has 0 aliphatic heterocycles. The largest absolute Gasteiger partial charge is 0.396 e. The Labute approximate surface area is 124 Å². The van der Waals surface area contributed by atoms with Crippen molar-refractivity contribution in [1.29, 1.82) is 0 Å². The number of imidazole rings is 1. The molecule has 4 heteroatoms. The topological polar surface area (TPSA) is 50.9 Å². The summed E-state index contributed by atoms with van der Waals surface area (Å²) in [5, 5.41) is 9.11. The van der Waals surface area contributed by atoms with E-state index < -0.39 is 0 Å². The molecule has 0 saturated heterocycles. The molecule has 0 aliphatic rings. The Morgan fingerprint density at radius 1 is 1.14 bits per heavy atom. The predicted octanol–water partition coefficient (Wildman–Crippen LogP) is 2.71. The number of benzene rings is 1. The molecule has 0 unspecified atom stereocenters. The van der Waals surface area contributed by atoms with E-state index in [1.807, 2.05) is 12.1 Å². The smallest absolute Gasteiger partial charge is 0.159 e. The highest BCUT2D eigenvalue weighted by Gasteiger charge is 2.12. The molecule has 0 aliphatic carbocycles. The number of aryl methyl sites for hydroxylation is 2. The lowest BCUT2D eigenvalue weighted by Crippen LogP contribution is -2.07. The van der Waals surface area contributed by atoms with Crippen molar-refractivity contribution >= 4 is 11.2 Å². The van der Waals surface area contributed by atoms with Crippen LogP contribution < -0.4 is 0 Å². The van der Waals surface area contributed by atoms with Crippen molar-refractivity contribution in [3.63, 3.8) is 0 Å². The fraction of sp³-hybridized carbons (Fsp3) is 0.294. The van der Waals surface area contributed by atoms with Crippen LogP contribution in [0, 0.1) is 6.92 Å². The zero-order valence-corrected chi connectivity index (χ0v) is 12.2. The highest BCUT2D eigenvalue weighted by Crippen LogP contribution is 2.18. The molecule has 4 nitrogen and oxygen atoms in total. The van der Waals surface area contributed by atoms with Gasteiger partial charge in [-0.05, 0) is 36.6 Å². The van der Waals surface area contributed by atoms with E-state index in [0.29, 0.717) is 6.42 Å². The summed E-state index contributed by atoms with van der Waals surface area (Å²) in [6.45, 7) is 3.04. The molecule has 108 valence electrons. The van der Waals surface area contributed by atoms with Crippen LogP contribution >= 0.6 is 0 Å². The van der Waals surface area contributed by atoms with Crippen molar-refractivity contribution in [3.05, 3.63) is 59.5 Å². The Balaban J connectivity index is 2.02. The molecule has 3 rings (SSSR count). The molecule has 2 aromatic heterocycles. The summed E-state index contributed by atoms with van der Waals surface area (Å²) in [4.78, 5) is 9.16. The zero-order chi connectivity index (χ0) is 14.7. The monoisotopic (exact) mass is 281 g/mol. The second-order valence-electron chi connectivity index (χ2n) is 5.21. The average Bonchev–Trinajstić information content (AvgIpc) is 2.85. The lowest BCUT2D eigenvalue weighted by atomic mass is 10.1. The van der Waals surface area contributed by atoms with E-state index in [4.69, 9.17) is 10.1 Å². The number of fused-ring (bicyclic) bond motifs is 1. The number of pyridine rings is 1. The highest BCUT2D eigenvalue weighted by molar-refractivity contribution is 5.71. The van der Waals surface area contributed by atoms with Crippen LogP contribution in [-0.4, -0.2) is 26.2 Å². The number of aromatic nitrogens is 3. The Kier molecular flexibility index (Phi) is 3.97. The van der Waals surface area contributed by atoms with Gasteiger partial charge >= 0.3 is 0 Å². The van der Waals surface area contributed by atoms with Crippen molar-refractivity contribution in [3.8, 4) is 0 Å². The van der Waals surface area contributed by atoms with E-state index in [-0.39, 0.29) is 6.61 Å². The van der Waals surface area contributed by atoms with E-state index in [0.717, 1.165) is 30.0 Å². The van der Waals surface area contributed by atoms with Crippen molar-refractivity contribution in [2.24, 2.45) is 0 Å². The van der Waals surface area contributed by atoms with Gasteiger partial charge in [-0.15, -0.1) is 0 Å². The molecule has 21 heavy (non-hydrogen) atoms. The summed E-state index contributed by atoms with van der Waals surface area (Å²) < 4.78 is 2.12. The summed E-state index contributed by atoms with van der Waals surface area (Å²) >= 11 is 0. The Bertz CT molecular complexity index is 749. The fourth-order valence-corrected chi connectivity index (χ4v) is 2.58. The van der Waals surface area contributed by atoms with Gasteiger partial charge in [0.05, 0.1) is 0 Å². The minimum absolute atomic E-state index is 0.177. The molecular weight excluding hydrogens is 262 g/mol. The highest BCUT2D eigenvalue weighted by atomic mass is 16.3. The molecule has 0 atom stereocenters. The maximum absolute atomic E-state index is 9.11. The van der Waals surface area contributed by atoms with Gasteiger partial charge in [0.1, 0.15) is 11.3 Å². The van der Waals surface area contributed by atoms with E-state index in [1.165, 1.54) is 11.1 Å².